The number of halogens is 2. The topological polar surface area (TPSA) is 87.9 Å². The van der Waals surface area contributed by atoms with Crippen molar-refractivity contribution in [2.75, 3.05) is 19.8 Å². The monoisotopic (exact) mass is 657 g/mol. The molecule has 8 nitrogen and oxygen atoms in total. The van der Waals surface area contributed by atoms with Crippen molar-refractivity contribution >= 4 is 46.8 Å². The van der Waals surface area contributed by atoms with Gasteiger partial charge in [0.15, 0.2) is 11.8 Å². The Balaban J connectivity index is 1.31. The number of aliphatic hydroxyl groups is 1. The average Bonchev–Trinajstić information content (AvgIpc) is 3.61. The number of nitrogens with zero attached hydrogens (tertiary/aromatic N) is 3. The smallest absolute Gasteiger partial charge is 0.301 e. The van der Waals surface area contributed by atoms with Gasteiger partial charge in [0, 0.05) is 16.6 Å². The number of hydrogen-bond acceptors (Lipinski definition) is 7. The minimum Gasteiger partial charge on any atom is -0.456 e. The van der Waals surface area contributed by atoms with Gasteiger partial charge < -0.3 is 24.1 Å². The van der Waals surface area contributed by atoms with Gasteiger partial charge in [-0.25, -0.2) is 4.98 Å². The first-order valence-electron chi connectivity index (χ1n) is 13.8. The van der Waals surface area contributed by atoms with E-state index in [4.69, 9.17) is 40.5 Å². The first-order valence-corrected chi connectivity index (χ1v) is 18.6. The highest BCUT2D eigenvalue weighted by Gasteiger charge is 2.49. The summed E-state index contributed by atoms with van der Waals surface area (Å²) in [6, 6.07) is 19.6. The molecule has 0 saturated carbocycles. The van der Waals surface area contributed by atoms with Crippen LogP contribution in [0.4, 0.5) is 0 Å². The van der Waals surface area contributed by atoms with Gasteiger partial charge in [-0.05, 0) is 29.3 Å². The molecule has 0 amide bonds. The molecule has 2 fully saturated rings. The molecule has 0 unspecified atom stereocenters. The summed E-state index contributed by atoms with van der Waals surface area (Å²) in [5, 5.41) is 10.7. The zero-order valence-electron chi connectivity index (χ0n) is 23.2. The van der Waals surface area contributed by atoms with E-state index >= 15 is 0 Å². The van der Waals surface area contributed by atoms with E-state index in [1.54, 1.807) is 0 Å². The maximum atomic E-state index is 10.2. The molecular weight excluding hydrogens is 626 g/mol. The van der Waals surface area contributed by atoms with Crippen molar-refractivity contribution in [3.05, 3.63) is 64.1 Å². The third kappa shape index (κ3) is 6.24. The highest BCUT2D eigenvalue weighted by molar-refractivity contribution is 9.10. The largest absolute Gasteiger partial charge is 0.456 e. The quantitative estimate of drug-likeness (QED) is 0.165. The lowest BCUT2D eigenvalue weighted by Crippen LogP contribution is -2.35. The normalized spacial score (nSPS) is 22.4. The van der Waals surface area contributed by atoms with Crippen LogP contribution in [0.1, 0.15) is 0 Å². The number of hydrogen-bond donors (Lipinski definition) is 1. The molecule has 4 aromatic rings. The number of imidazole rings is 1. The Bertz CT molecular complexity index is 1530. The molecule has 0 radical (unpaired) electrons. The number of ether oxygens (including phenoxy) is 4. The summed E-state index contributed by atoms with van der Waals surface area (Å²) >= 11 is 10.3. The number of aromatic nitrogens is 3. The first kappa shape index (κ1) is 28.8. The van der Waals surface area contributed by atoms with E-state index in [2.05, 4.69) is 59.8 Å². The number of pyridine rings is 1. The van der Waals surface area contributed by atoms with Crippen LogP contribution in [0.5, 0.6) is 6.01 Å². The zero-order valence-corrected chi connectivity index (χ0v) is 26.6. The number of aliphatic hydroxyl groups excluding tert-OH is 1. The van der Waals surface area contributed by atoms with E-state index in [9.17, 15) is 5.11 Å². The summed E-state index contributed by atoms with van der Waals surface area (Å²) in [4.78, 5) is 9.71. The van der Waals surface area contributed by atoms with Crippen molar-refractivity contribution in [1.82, 2.24) is 14.5 Å². The Morgan fingerprint density at radius 1 is 0.976 bits per heavy atom. The molecule has 0 spiro atoms. The lowest BCUT2D eigenvalue weighted by molar-refractivity contribution is 0.00336. The van der Waals surface area contributed by atoms with E-state index in [0.717, 1.165) is 27.2 Å². The van der Waals surface area contributed by atoms with Gasteiger partial charge in [0.1, 0.15) is 30.6 Å². The Labute approximate surface area is 253 Å². The zero-order chi connectivity index (χ0) is 28.7. The van der Waals surface area contributed by atoms with Gasteiger partial charge in [0.05, 0.1) is 23.9 Å². The van der Waals surface area contributed by atoms with Crippen LogP contribution in [0, 0.1) is 0 Å². The molecule has 0 bridgehead atoms. The van der Waals surface area contributed by atoms with E-state index in [-0.39, 0.29) is 19.4 Å². The molecule has 2 aliphatic rings. The first-order chi connectivity index (χ1) is 19.7. The number of rotatable bonds is 9. The van der Waals surface area contributed by atoms with Crippen LogP contribution in [-0.2, 0) is 20.9 Å². The van der Waals surface area contributed by atoms with Crippen molar-refractivity contribution in [2.45, 2.75) is 56.8 Å². The third-order valence-corrected chi connectivity index (χ3v) is 9.95. The van der Waals surface area contributed by atoms with Crippen molar-refractivity contribution in [3.8, 4) is 28.4 Å². The molecule has 2 aromatic carbocycles. The van der Waals surface area contributed by atoms with Crippen LogP contribution in [0.25, 0.3) is 33.5 Å². The van der Waals surface area contributed by atoms with Crippen molar-refractivity contribution in [1.29, 1.82) is 0 Å². The van der Waals surface area contributed by atoms with Gasteiger partial charge in [0.25, 0.3) is 0 Å². The predicted octanol–water partition coefficient (Wildman–Crippen LogP) is 6.40. The fourth-order valence-electron chi connectivity index (χ4n) is 5.09. The Hall–Kier alpha value is -2.31. The van der Waals surface area contributed by atoms with Crippen LogP contribution in [0.2, 0.25) is 30.7 Å². The van der Waals surface area contributed by atoms with Gasteiger partial charge in [-0.15, -0.1) is 14.1 Å². The van der Waals surface area contributed by atoms with Crippen LogP contribution in [0.3, 0.4) is 0 Å². The summed E-state index contributed by atoms with van der Waals surface area (Å²) in [5.41, 5.74) is 5.01. The average molecular weight is 659 g/mol. The fourth-order valence-corrected chi connectivity index (χ4v) is 6.37. The number of fused-ring (bicyclic) bond motifs is 2. The van der Waals surface area contributed by atoms with Crippen LogP contribution >= 0.6 is 27.5 Å². The molecule has 2 saturated heterocycles. The molecular formula is C30H33BrClN3O5Si-. The van der Waals surface area contributed by atoms with Crippen molar-refractivity contribution in [2.24, 2.45) is 0 Å². The Morgan fingerprint density at radius 3 is 2.34 bits per heavy atom. The van der Waals surface area contributed by atoms with Gasteiger partial charge in [-0.1, -0.05) is 63.9 Å². The minimum absolute atomic E-state index is 0.229. The SMILES string of the molecule is C[Si-](C)(C)CCOCn1c(O[C@@H]2CO[C@H]3[C@@H]2OC[C@H]3O)nc2cc(Cl)c(-c3ccc(-c4ccc(Br)cc4)cc3)nc21. The molecule has 41 heavy (non-hydrogen) atoms. The molecule has 2 aromatic heterocycles. The van der Waals surface area contributed by atoms with Gasteiger partial charge in [-0.3, -0.25) is 4.57 Å². The van der Waals surface area contributed by atoms with Crippen LogP contribution < -0.4 is 4.74 Å². The molecule has 6 rings (SSSR count). The van der Waals surface area contributed by atoms with E-state index in [1.807, 2.05) is 34.9 Å². The highest BCUT2D eigenvalue weighted by atomic mass is 79.9. The summed E-state index contributed by atoms with van der Waals surface area (Å²) < 4.78 is 26.9. The molecule has 4 heterocycles. The van der Waals surface area contributed by atoms with E-state index in [1.165, 1.54) is 0 Å². The maximum Gasteiger partial charge on any atom is 0.301 e. The summed E-state index contributed by atoms with van der Waals surface area (Å²) in [7, 11) is -1.26. The molecule has 0 aliphatic carbocycles. The fraction of sp³-hybridized carbons (Fsp3) is 0.400. The van der Waals surface area contributed by atoms with Gasteiger partial charge in [-0.2, -0.15) is 24.6 Å². The minimum atomic E-state index is -1.26. The third-order valence-electron chi connectivity index (χ3n) is 7.43. The van der Waals surface area contributed by atoms with Crippen LogP contribution in [-0.4, -0.2) is 72.0 Å². The lowest BCUT2D eigenvalue weighted by atomic mass is 10.0. The van der Waals surface area contributed by atoms with Gasteiger partial charge in [0.2, 0.25) is 0 Å². The lowest BCUT2D eigenvalue weighted by Gasteiger charge is -2.26. The summed E-state index contributed by atoms with van der Waals surface area (Å²) in [6.07, 6.45) is -1.82. The molecule has 4 atom stereocenters. The summed E-state index contributed by atoms with van der Waals surface area (Å²) in [6.45, 7) is 8.37. The Kier molecular flexibility index (Phi) is 8.25. The van der Waals surface area contributed by atoms with E-state index in [0.29, 0.717) is 41.1 Å². The standard InChI is InChI=1S/C30H33BrClN3O5Si/c1-41(2,3)13-12-37-17-35-29-23(33-30(35)40-25-16-39-27-24(36)15-38-28(25)27)14-22(32)26(34-29)20-6-4-18(5-7-20)19-8-10-21(31)11-9-19/h4-11,14,24-25,27-28,36H,12-13,15-17H2,1-3H3/q-1/t24-,25-,27-,28-/m1/s1. The second kappa shape index (κ2) is 11.8. The number of benzene rings is 2. The predicted molar refractivity (Wildman–Crippen MR) is 165 cm³/mol. The second-order valence-corrected chi connectivity index (χ2v) is 18.7. The maximum absolute atomic E-state index is 10.2. The molecule has 2 aliphatic heterocycles. The van der Waals surface area contributed by atoms with Crippen molar-refractivity contribution < 1.29 is 24.1 Å². The summed E-state index contributed by atoms with van der Waals surface area (Å²) in [5.74, 6) is 0. The molecule has 1 N–H and O–H groups in total. The molecule has 11 heteroatoms. The highest BCUT2D eigenvalue weighted by Crippen LogP contribution is 2.35. The van der Waals surface area contributed by atoms with Crippen molar-refractivity contribution in [3.63, 3.8) is 0 Å². The molecule has 217 valence electrons. The van der Waals surface area contributed by atoms with E-state index < -0.39 is 26.4 Å². The van der Waals surface area contributed by atoms with Gasteiger partial charge >= 0.3 is 6.01 Å². The second-order valence-electron chi connectivity index (χ2n) is 11.7. The van der Waals surface area contributed by atoms with Crippen LogP contribution in [0.15, 0.2) is 59.1 Å². The Morgan fingerprint density at radius 2 is 1.63 bits per heavy atom.